The van der Waals surface area contributed by atoms with E-state index in [1.807, 2.05) is 12.3 Å². The fraction of sp³-hybridized carbons (Fsp3) is 0.474. The summed E-state index contributed by atoms with van der Waals surface area (Å²) < 4.78 is 0. The lowest BCUT2D eigenvalue weighted by molar-refractivity contribution is 0.387. The molecular formula is C19H25N5. The molecule has 0 radical (unpaired) electrons. The number of rotatable bonds is 5. The van der Waals surface area contributed by atoms with Gasteiger partial charge in [-0.2, -0.15) is 4.98 Å². The van der Waals surface area contributed by atoms with Gasteiger partial charge in [-0.1, -0.05) is 24.3 Å². The van der Waals surface area contributed by atoms with Crippen LogP contribution in [-0.4, -0.2) is 48.6 Å². The molecule has 3 heterocycles. The Balaban J connectivity index is 1.55. The smallest absolute Gasteiger partial charge is 0.224 e. The number of hydrogen-bond donors (Lipinski definition) is 1. The highest BCUT2D eigenvalue weighted by Crippen LogP contribution is 2.47. The first-order valence-electron chi connectivity index (χ1n) is 8.79. The quantitative estimate of drug-likeness (QED) is 0.916. The molecule has 2 aromatic rings. The predicted octanol–water partition coefficient (Wildman–Crippen LogP) is 2.89. The van der Waals surface area contributed by atoms with Crippen LogP contribution in [0, 0.1) is 0 Å². The molecule has 1 fully saturated rings. The van der Waals surface area contributed by atoms with Gasteiger partial charge < -0.3 is 15.1 Å². The molecule has 0 unspecified atom stereocenters. The van der Waals surface area contributed by atoms with Crippen LogP contribution in [0.3, 0.4) is 0 Å². The summed E-state index contributed by atoms with van der Waals surface area (Å²) >= 11 is 0. The first-order chi connectivity index (χ1) is 11.7. The van der Waals surface area contributed by atoms with Crippen LogP contribution in [0.5, 0.6) is 0 Å². The Morgan fingerprint density at radius 3 is 2.83 bits per heavy atom. The van der Waals surface area contributed by atoms with Crippen LogP contribution in [-0.2, 0) is 0 Å². The summed E-state index contributed by atoms with van der Waals surface area (Å²) in [4.78, 5) is 13.8. The van der Waals surface area contributed by atoms with Gasteiger partial charge in [0.15, 0.2) is 0 Å². The summed E-state index contributed by atoms with van der Waals surface area (Å²) in [5, 5.41) is 3.33. The van der Waals surface area contributed by atoms with Crippen molar-refractivity contribution in [1.82, 2.24) is 14.9 Å². The van der Waals surface area contributed by atoms with Gasteiger partial charge in [-0.25, -0.2) is 4.98 Å². The first-order valence-corrected chi connectivity index (χ1v) is 8.79. The third-order valence-electron chi connectivity index (χ3n) is 5.15. The fourth-order valence-corrected chi connectivity index (χ4v) is 3.97. The molecule has 1 aliphatic carbocycles. The van der Waals surface area contributed by atoms with Gasteiger partial charge in [0.1, 0.15) is 5.82 Å². The molecule has 2 atom stereocenters. The first kappa shape index (κ1) is 15.4. The van der Waals surface area contributed by atoms with Gasteiger partial charge in [0, 0.05) is 31.7 Å². The van der Waals surface area contributed by atoms with E-state index in [4.69, 9.17) is 4.98 Å². The normalized spacial score (nSPS) is 21.9. The van der Waals surface area contributed by atoms with Gasteiger partial charge in [0.25, 0.3) is 0 Å². The van der Waals surface area contributed by atoms with Gasteiger partial charge in [-0.3, -0.25) is 0 Å². The van der Waals surface area contributed by atoms with E-state index in [1.165, 1.54) is 18.4 Å². The molecule has 5 rings (SSSR count). The molecule has 1 aromatic heterocycles. The van der Waals surface area contributed by atoms with Gasteiger partial charge in [-0.15, -0.1) is 0 Å². The van der Waals surface area contributed by atoms with E-state index < -0.39 is 0 Å². The summed E-state index contributed by atoms with van der Waals surface area (Å²) in [5.74, 6) is 2.40. The van der Waals surface area contributed by atoms with Crippen molar-refractivity contribution in [2.45, 2.75) is 24.8 Å². The van der Waals surface area contributed by atoms with Crippen molar-refractivity contribution in [2.75, 3.05) is 43.9 Å². The van der Waals surface area contributed by atoms with Crippen LogP contribution >= 0.6 is 0 Å². The molecule has 5 nitrogen and oxygen atoms in total. The minimum absolute atomic E-state index is 0.454. The lowest BCUT2D eigenvalue weighted by Crippen LogP contribution is -2.43. The van der Waals surface area contributed by atoms with Gasteiger partial charge in [-0.05, 0) is 44.1 Å². The number of hydrogen-bond acceptors (Lipinski definition) is 5. The van der Waals surface area contributed by atoms with Crippen LogP contribution < -0.4 is 10.2 Å². The monoisotopic (exact) mass is 323 g/mol. The zero-order valence-corrected chi connectivity index (χ0v) is 14.4. The molecule has 1 N–H and O–H groups in total. The van der Waals surface area contributed by atoms with Crippen molar-refractivity contribution in [3.63, 3.8) is 0 Å². The second-order valence-electron chi connectivity index (χ2n) is 7.04. The van der Waals surface area contributed by atoms with Gasteiger partial charge in [0.05, 0.1) is 6.04 Å². The maximum atomic E-state index is 4.77. The highest BCUT2D eigenvalue weighted by atomic mass is 15.3. The van der Waals surface area contributed by atoms with E-state index in [9.17, 15) is 0 Å². The van der Waals surface area contributed by atoms with E-state index in [0.717, 1.165) is 31.4 Å². The molecule has 126 valence electrons. The Morgan fingerprint density at radius 1 is 1.17 bits per heavy atom. The predicted molar refractivity (Wildman–Crippen MR) is 97.6 cm³/mol. The average Bonchev–Trinajstić information content (AvgIpc) is 2.62. The number of piperidine rings is 1. The molecule has 0 spiro atoms. The van der Waals surface area contributed by atoms with E-state index >= 15 is 0 Å². The van der Waals surface area contributed by atoms with Crippen molar-refractivity contribution in [2.24, 2.45) is 0 Å². The number of anilines is 2. The summed E-state index contributed by atoms with van der Waals surface area (Å²) in [6, 6.07) is 11.4. The number of nitrogens with one attached hydrogen (secondary N) is 1. The average molecular weight is 323 g/mol. The molecule has 1 aromatic carbocycles. The van der Waals surface area contributed by atoms with Crippen molar-refractivity contribution < 1.29 is 0 Å². The van der Waals surface area contributed by atoms with E-state index in [-0.39, 0.29) is 0 Å². The summed E-state index contributed by atoms with van der Waals surface area (Å²) in [6.07, 6.45) is 4.38. The molecule has 5 heteroatoms. The van der Waals surface area contributed by atoms with Crippen LogP contribution in [0.1, 0.15) is 35.9 Å². The van der Waals surface area contributed by atoms with Crippen LogP contribution in [0.4, 0.5) is 11.8 Å². The standard InChI is InChI=1S/C19H25N5/c1-23(2)12-11-21-19-20-10-9-18(22-19)24-13-14-7-8-17(24)16-6-4-3-5-15(14)16/h3-6,9-10,14,17H,7-8,11-13H2,1-2H3,(H,20,21,22)/t14-,17+/m1/s1. The lowest BCUT2D eigenvalue weighted by atomic mass is 9.75. The maximum Gasteiger partial charge on any atom is 0.224 e. The number of fused-ring (bicyclic) bond motifs is 2. The zero-order chi connectivity index (χ0) is 16.5. The number of nitrogens with zero attached hydrogens (tertiary/aromatic N) is 4. The van der Waals surface area contributed by atoms with Crippen LogP contribution in [0.25, 0.3) is 0 Å². The van der Waals surface area contributed by atoms with Crippen LogP contribution in [0.15, 0.2) is 36.5 Å². The summed E-state index contributed by atoms with van der Waals surface area (Å²) in [6.45, 7) is 2.89. The second-order valence-corrected chi connectivity index (χ2v) is 7.04. The van der Waals surface area contributed by atoms with Crippen LogP contribution in [0.2, 0.25) is 0 Å². The Labute approximate surface area is 143 Å². The molecular weight excluding hydrogens is 298 g/mol. The Bertz CT molecular complexity index is 714. The minimum Gasteiger partial charge on any atom is -0.353 e. The Morgan fingerprint density at radius 2 is 2.00 bits per heavy atom. The maximum absolute atomic E-state index is 4.77. The molecule has 24 heavy (non-hydrogen) atoms. The second kappa shape index (κ2) is 6.40. The molecule has 3 aliphatic rings. The molecule has 0 saturated carbocycles. The van der Waals surface area contributed by atoms with Crippen molar-refractivity contribution in [3.05, 3.63) is 47.7 Å². The molecule has 2 aliphatic heterocycles. The van der Waals surface area contributed by atoms with E-state index in [2.05, 4.69) is 58.5 Å². The van der Waals surface area contributed by atoms with Gasteiger partial charge in [0.2, 0.25) is 5.95 Å². The topological polar surface area (TPSA) is 44.3 Å². The third kappa shape index (κ3) is 2.84. The fourth-order valence-electron chi connectivity index (χ4n) is 3.97. The lowest BCUT2D eigenvalue weighted by Gasteiger charge is -2.47. The van der Waals surface area contributed by atoms with Gasteiger partial charge >= 0.3 is 0 Å². The molecule has 1 saturated heterocycles. The SMILES string of the molecule is CN(C)CCNc1nccc(N2C[C@H]3CC[C@H]2c2ccccc23)n1. The Kier molecular flexibility index (Phi) is 4.10. The highest BCUT2D eigenvalue weighted by Gasteiger charge is 2.38. The van der Waals surface area contributed by atoms with E-state index in [1.54, 1.807) is 5.56 Å². The minimum atomic E-state index is 0.454. The van der Waals surface area contributed by atoms with E-state index in [0.29, 0.717) is 12.0 Å². The number of benzene rings is 1. The zero-order valence-electron chi connectivity index (χ0n) is 14.4. The van der Waals surface area contributed by atoms with Crippen molar-refractivity contribution in [3.8, 4) is 0 Å². The molecule has 2 bridgehead atoms. The largest absolute Gasteiger partial charge is 0.353 e. The highest BCUT2D eigenvalue weighted by molar-refractivity contribution is 5.52. The third-order valence-corrected chi connectivity index (χ3v) is 5.15. The van der Waals surface area contributed by atoms with Crippen molar-refractivity contribution in [1.29, 1.82) is 0 Å². The summed E-state index contributed by atoms with van der Waals surface area (Å²) in [5.41, 5.74) is 3.03. The Hall–Kier alpha value is -2.14. The number of likely N-dealkylation sites (N-methyl/N-ethyl adjacent to an activating group) is 1. The number of aromatic nitrogens is 2. The molecule has 0 amide bonds. The van der Waals surface area contributed by atoms with Crippen molar-refractivity contribution >= 4 is 11.8 Å². The summed E-state index contributed by atoms with van der Waals surface area (Å²) in [7, 11) is 4.14.